The normalized spacial score (nSPS) is 2.45. The average molecular weight is 434 g/mol. The third kappa shape index (κ3) is 787. The van der Waals surface area contributed by atoms with Crippen LogP contribution in [0.5, 0.6) is 0 Å². The number of hydrogen-bond acceptors (Lipinski definition) is 8. The summed E-state index contributed by atoms with van der Waals surface area (Å²) in [5, 5.41) is 50.5. The third-order valence-corrected chi connectivity index (χ3v) is 0. The summed E-state index contributed by atoms with van der Waals surface area (Å²) in [4.78, 5) is 0. The summed E-state index contributed by atoms with van der Waals surface area (Å²) in [6.07, 6.45) is 0. The van der Waals surface area contributed by atoms with Gasteiger partial charge in [0.15, 0.2) is 0 Å². The van der Waals surface area contributed by atoms with E-state index in [-0.39, 0.29) is 178 Å². The fourth-order valence-electron chi connectivity index (χ4n) is 0. The van der Waals surface area contributed by atoms with Crippen molar-refractivity contribution < 1.29 is 93.3 Å². The Balaban J connectivity index is -0.00000000143. The van der Waals surface area contributed by atoms with Crippen molar-refractivity contribution in [1.82, 2.24) is 0 Å². The molecule has 0 amide bonds. The predicted octanol–water partition coefficient (Wildman–Crippen LogP) is -20.3. The summed E-state index contributed by atoms with van der Waals surface area (Å²) >= 11 is 0. The summed E-state index contributed by atoms with van der Waals surface area (Å²) < 4.78 is 0. The molecule has 0 unspecified atom stereocenters. The minimum absolute atomic E-state index is 0. The van der Waals surface area contributed by atoms with Crippen molar-refractivity contribution in [3.8, 4) is 0 Å². The van der Waals surface area contributed by atoms with Crippen LogP contribution in [0.4, 0.5) is 0 Å². The van der Waals surface area contributed by atoms with Gasteiger partial charge in [0, 0.05) is 0 Å². The Labute approximate surface area is 220 Å². The van der Waals surface area contributed by atoms with Gasteiger partial charge in [-0.3, -0.25) is 14.6 Å². The van der Waals surface area contributed by atoms with E-state index in [4.69, 9.17) is 30.1 Å². The molecule has 0 radical (unpaired) electrons. The Kier molecular flexibility index (Phi) is 1060. The van der Waals surface area contributed by atoms with Crippen LogP contribution in [-0.2, 0) is 0 Å². The van der Waals surface area contributed by atoms with Gasteiger partial charge in [0.2, 0.25) is 0 Å². The molecule has 12 N–H and O–H groups in total. The van der Waals surface area contributed by atoms with Gasteiger partial charge < -0.3 is 93.3 Å². The summed E-state index contributed by atoms with van der Waals surface area (Å²) in [5.74, 6) is 0. The van der Waals surface area contributed by atoms with Gasteiger partial charge in [0.1, 0.15) is 0 Å². The van der Waals surface area contributed by atoms with Crippen LogP contribution in [-0.4, -0.2) is 168 Å². The second-order valence-corrected chi connectivity index (χ2v) is 0.577. The molecule has 0 aromatic carbocycles. The second-order valence-electron chi connectivity index (χ2n) is 0.577. The summed E-state index contributed by atoms with van der Waals surface area (Å²) in [5.41, 5.74) is 0. The first-order valence-corrected chi connectivity index (χ1v) is 1.41. The van der Waals surface area contributed by atoms with Crippen molar-refractivity contribution in [2.24, 2.45) is 0 Å². The smallest absolute Gasteiger partial charge is 1.00 e. The summed E-state index contributed by atoms with van der Waals surface area (Å²) in [6, 6.07) is 0. The monoisotopic (exact) mass is 432 g/mol. The molecule has 13 nitrogen and oxygen atoms in total. The minimum Gasteiger partial charge on any atom is -1.00 e. The third-order valence-electron chi connectivity index (χ3n) is 0. The van der Waals surface area contributed by atoms with Gasteiger partial charge in [-0.1, -0.05) is 0 Å². The Bertz CT molecular complexity index is 49.9. The fourth-order valence-corrected chi connectivity index (χ4v) is 0. The number of hydrogen-bond donors (Lipinski definition) is 0. The maximum absolute atomic E-state index is 8.42. The molecule has 0 saturated carbocycles. The zero-order valence-electron chi connectivity index (χ0n) is 11.3. The van der Waals surface area contributed by atoms with E-state index in [1.807, 2.05) is 0 Å². The average Bonchev–Trinajstić information content (AvgIpc) is 1.25. The molecule has 0 aliphatic heterocycles. The molecule has 22 heteroatoms. The van der Waals surface area contributed by atoms with E-state index in [1.54, 1.807) is 0 Å². The van der Waals surface area contributed by atoms with Crippen LogP contribution in [0, 0.1) is 0 Å². The van der Waals surface area contributed by atoms with Crippen LogP contribution in [0.25, 0.3) is 0 Å². The molecule has 0 aromatic rings. The van der Waals surface area contributed by atoms with Gasteiger partial charge in [-0.25, -0.2) is 0 Å². The van der Waals surface area contributed by atoms with Crippen molar-refractivity contribution in [2.45, 2.75) is 0 Å². The molecule has 0 fully saturated rings. The fraction of sp³-hybridized carbons (Fsp3) is 0. The molecule has 0 heterocycles. The van der Waals surface area contributed by atoms with Crippen LogP contribution in [0.2, 0.25) is 0 Å². The molecule has 0 spiro atoms. The standard InChI is InChI=1S/2BO3.2ClH.5Mg.7H2O/c2*2-1(3)4;;;;;;;;;;;;;;/h;;2*1H;;;;;;7*1H2/q2*-3;;;5*+2;;;;;;;/p-4. The maximum Gasteiger partial charge on any atom is 2.00 e. The van der Waals surface area contributed by atoms with Crippen LogP contribution in [0.1, 0.15) is 0 Å². The van der Waals surface area contributed by atoms with Crippen LogP contribution >= 0.6 is 0 Å². The van der Waals surface area contributed by atoms with Crippen LogP contribution in [0.15, 0.2) is 0 Å². The summed E-state index contributed by atoms with van der Waals surface area (Å²) in [6.45, 7) is 0. The van der Waals surface area contributed by atoms with Crippen molar-refractivity contribution in [3.63, 3.8) is 0 Å². The van der Waals surface area contributed by atoms with Crippen LogP contribution in [0.3, 0.4) is 0 Å². The summed E-state index contributed by atoms with van der Waals surface area (Å²) in [7, 11) is -5.83. The molecular weight excluding hydrogens is 422 g/mol. The molecule has 0 aliphatic carbocycles. The maximum atomic E-state index is 8.42. The minimum atomic E-state index is -2.92. The quantitative estimate of drug-likeness (QED) is 0.328. The van der Waals surface area contributed by atoms with Gasteiger partial charge >= 0.3 is 115 Å². The van der Waals surface area contributed by atoms with Crippen molar-refractivity contribution in [3.05, 3.63) is 0 Å². The molecule has 0 aliphatic rings. The van der Waals surface area contributed by atoms with Gasteiger partial charge in [0.05, 0.1) is 0 Å². The van der Waals surface area contributed by atoms with Crippen molar-refractivity contribution in [1.29, 1.82) is 0 Å². The van der Waals surface area contributed by atoms with E-state index in [0.29, 0.717) is 0 Å². The molecule has 0 saturated heterocycles. The molecule has 0 rings (SSSR count). The first-order chi connectivity index (χ1) is 3.46. The van der Waals surface area contributed by atoms with Gasteiger partial charge in [-0.2, -0.15) is 0 Å². The topological polar surface area (TPSA) is 356 Å². The Morgan fingerprint density at radius 2 is 0.364 bits per heavy atom. The van der Waals surface area contributed by atoms with E-state index >= 15 is 0 Å². The SMILES string of the molecule is O.O.O.O.O.[Cl-].[Cl-].[Mg+2].[Mg+2].[Mg+2].[Mg+2].[Mg+2].[O-]B([O-])[O-].[O-]B([O-])[O-].[OH-].[OH-]. The first kappa shape index (κ1) is 162. The zero-order valence-corrected chi connectivity index (χ0v) is 19.9. The zero-order chi connectivity index (χ0) is 7.15. The van der Waals surface area contributed by atoms with Crippen molar-refractivity contribution >= 4 is 130 Å². The largest absolute Gasteiger partial charge is 2.00 e. The van der Waals surface area contributed by atoms with E-state index in [1.165, 1.54) is 0 Å². The molecule has 0 atom stereocenters. The predicted molar refractivity (Wildman–Crippen MR) is 62.2 cm³/mol. The van der Waals surface area contributed by atoms with E-state index in [0.717, 1.165) is 0 Å². The molecule has 0 aromatic heterocycles. The Morgan fingerprint density at radius 1 is 0.364 bits per heavy atom. The van der Waals surface area contributed by atoms with Crippen molar-refractivity contribution in [2.75, 3.05) is 0 Å². The van der Waals surface area contributed by atoms with Gasteiger partial charge in [0.25, 0.3) is 0 Å². The second kappa shape index (κ2) is 144. The van der Waals surface area contributed by atoms with Gasteiger partial charge in [-0.05, 0) is 0 Å². The van der Waals surface area contributed by atoms with Crippen LogP contribution < -0.4 is 55.0 Å². The Morgan fingerprint density at radius 3 is 0.364 bits per heavy atom. The number of rotatable bonds is 0. The number of halogens is 2. The molecule has 0 bridgehead atoms. The first-order valence-electron chi connectivity index (χ1n) is 1.41. The van der Waals surface area contributed by atoms with E-state index in [2.05, 4.69) is 0 Å². The van der Waals surface area contributed by atoms with E-state index in [9.17, 15) is 0 Å². The molecular formula is H12B2Cl2Mg5O13. The van der Waals surface area contributed by atoms with E-state index < -0.39 is 14.6 Å². The Hall–Kier alpha value is 4.02. The van der Waals surface area contributed by atoms with Gasteiger partial charge in [-0.15, -0.1) is 0 Å². The molecule has 22 heavy (non-hydrogen) atoms. The molecule has 120 valence electrons.